The average Bonchev–Trinajstić information content (AvgIpc) is 1.31. The number of carbonyl (C=O) groups excluding carboxylic acids is 2. The predicted octanol–water partition coefficient (Wildman–Crippen LogP) is 22.7. The highest BCUT2D eigenvalue weighted by molar-refractivity contribution is 5.74. The van der Waals surface area contributed by atoms with Crippen LogP contribution >= 0.6 is 0 Å². The van der Waals surface area contributed by atoms with Crippen LogP contribution in [0.1, 0.15) is 414 Å². The topological polar surface area (TPSA) is 332 Å². The second-order valence-electron chi connectivity index (χ2n) is 53.8. The van der Waals surface area contributed by atoms with E-state index in [0.29, 0.717) is 76.5 Å². The van der Waals surface area contributed by atoms with Crippen molar-refractivity contribution in [2.45, 2.75) is 450 Å². The van der Waals surface area contributed by atoms with Crippen LogP contribution in [0.15, 0.2) is 23.8 Å². The van der Waals surface area contributed by atoms with Crippen LogP contribution in [-0.2, 0) is 43.0 Å². The van der Waals surface area contributed by atoms with Crippen molar-refractivity contribution in [3.8, 4) is 0 Å². The smallest absolute Gasteiger partial charge is 0.310 e. The van der Waals surface area contributed by atoms with Crippen molar-refractivity contribution in [2.24, 2.45) is 90.2 Å². The zero-order chi connectivity index (χ0) is 106. The summed E-state index contributed by atoms with van der Waals surface area (Å²) < 4.78 is 10.5. The highest BCUT2D eigenvalue weighted by atomic mass is 16.6. The van der Waals surface area contributed by atoms with Gasteiger partial charge in [-0.25, -0.2) is 0 Å². The minimum absolute atomic E-state index is 0.00275. The number of aliphatic hydroxyl groups is 2. The second kappa shape index (κ2) is 63.7. The van der Waals surface area contributed by atoms with Gasteiger partial charge in [-0.1, -0.05) is 231 Å². The SMILES string of the molecule is C=C1CCC/C1=C\CC(C)(C)C.CC(C)(C)CCN1CCC(C(=O)O)C(O)C1.CC(C)(C)CCN1CCC(C(=O)OC(C)(C)C)CC1.CC(C)(C)CCN1CCC(O)C(C(=O)O)C1.CC(C)(C)CCN1CCCCC1.CC(C)(C)CCNC1CCCCC1C(=O)O.CC(C)(C)CCN[C@@H]1CC[C@H](C(=O)O)C1.CC(C)(C)CCN[C@H]1CCC[C@H]1C(=O)O.CCOC(=O)C1CCN(CCC(C)(C)C)CC1. The molecule has 24 nitrogen and oxygen atoms in total. The van der Waals surface area contributed by atoms with Gasteiger partial charge in [0, 0.05) is 37.8 Å². The Balaban J connectivity index is 0.000000778. The van der Waals surface area contributed by atoms with Gasteiger partial charge >= 0.3 is 41.8 Å². The molecule has 9 aliphatic rings. The molecule has 0 aromatic heterocycles. The van der Waals surface area contributed by atoms with Gasteiger partial charge in [-0.3, -0.25) is 33.6 Å². The minimum atomic E-state index is -0.882. The molecule has 10 N–H and O–H groups in total. The van der Waals surface area contributed by atoms with Gasteiger partial charge in [0.1, 0.15) is 5.60 Å². The van der Waals surface area contributed by atoms with Gasteiger partial charge in [-0.15, -0.1) is 0 Å². The molecule has 4 aliphatic carbocycles. The van der Waals surface area contributed by atoms with Crippen LogP contribution in [0.25, 0.3) is 0 Å². The summed E-state index contributed by atoms with van der Waals surface area (Å²) in [6.07, 6.45) is 34.0. The van der Waals surface area contributed by atoms with E-state index in [9.17, 15) is 43.8 Å². The normalized spacial score (nSPS) is 24.3. The molecule has 0 bridgehead atoms. The van der Waals surface area contributed by atoms with Gasteiger partial charge in [-0.05, 0) is 354 Å². The molecule has 5 heterocycles. The molecule has 5 aliphatic heterocycles. The van der Waals surface area contributed by atoms with Gasteiger partial charge in [0.25, 0.3) is 0 Å². The van der Waals surface area contributed by atoms with Crippen molar-refractivity contribution in [2.75, 3.05) is 124 Å². The number of allylic oxidation sites excluding steroid dienone is 3. The number of nitrogens with one attached hydrogen (secondary N) is 3. The first-order chi connectivity index (χ1) is 63.3. The van der Waals surface area contributed by atoms with E-state index in [2.05, 4.69) is 240 Å². The predicted molar refractivity (Wildman–Crippen MR) is 570 cm³/mol. The maximum absolute atomic E-state index is 12.0. The Morgan fingerprint density at radius 3 is 1.07 bits per heavy atom. The number of carboxylic acid groups (broad SMARTS) is 5. The molecule has 6 unspecified atom stereocenters. The van der Waals surface area contributed by atoms with Gasteiger partial charge in [0.15, 0.2) is 0 Å². The Kier molecular flexibility index (Phi) is 60.6. The first kappa shape index (κ1) is 131. The lowest BCUT2D eigenvalue weighted by atomic mass is 9.84. The zero-order valence-corrected chi connectivity index (χ0v) is 94.6. The Morgan fingerprint density at radius 2 is 0.703 bits per heavy atom. The van der Waals surface area contributed by atoms with Crippen molar-refractivity contribution in [3.63, 3.8) is 0 Å². The third-order valence-corrected chi connectivity index (χ3v) is 27.7. The molecule has 0 spiro atoms. The molecule has 10 atom stereocenters. The lowest BCUT2D eigenvalue weighted by Gasteiger charge is -2.35. The maximum atomic E-state index is 12.0. The number of ether oxygens (including phenoxy) is 2. The van der Waals surface area contributed by atoms with Crippen LogP contribution < -0.4 is 16.0 Å². The number of hydrogen-bond acceptors (Lipinski definition) is 19. The number of aliphatic hydroxyl groups excluding tert-OH is 2. The number of β-amino-alcohol motifs (C(OH)–C–C–N with tert-alkyl or cyclic N) is 1. The third kappa shape index (κ3) is 67.1. The summed E-state index contributed by atoms with van der Waals surface area (Å²) in [7, 11) is 0. The van der Waals surface area contributed by atoms with E-state index in [1.165, 1.54) is 95.0 Å². The molecule has 5 saturated heterocycles. The van der Waals surface area contributed by atoms with E-state index in [0.717, 1.165) is 207 Å². The Hall–Kier alpha value is -4.63. The van der Waals surface area contributed by atoms with Crippen LogP contribution in [0.2, 0.25) is 0 Å². The molecule has 24 heteroatoms. The number of likely N-dealkylation sites (tertiary alicyclic amines) is 5. The van der Waals surface area contributed by atoms with E-state index in [1.807, 2.05) is 27.7 Å². The largest absolute Gasteiger partial charge is 0.481 e. The Labute approximate surface area is 844 Å². The fourth-order valence-electron chi connectivity index (χ4n) is 18.0. The molecule has 0 amide bonds. The van der Waals surface area contributed by atoms with Crippen molar-refractivity contribution < 1.29 is 78.8 Å². The van der Waals surface area contributed by atoms with Crippen molar-refractivity contribution in [3.05, 3.63) is 23.8 Å². The number of nitrogens with zero attached hydrogens (tertiary/aromatic N) is 5. The average molecular weight is 1960 g/mol. The molecule has 0 aromatic rings. The zero-order valence-electron chi connectivity index (χ0n) is 94.6. The van der Waals surface area contributed by atoms with Crippen LogP contribution in [0.5, 0.6) is 0 Å². The minimum Gasteiger partial charge on any atom is -0.481 e. The van der Waals surface area contributed by atoms with E-state index >= 15 is 0 Å². The summed E-state index contributed by atoms with van der Waals surface area (Å²) in [4.78, 5) is 90.0. The number of hydrogen-bond donors (Lipinski definition) is 10. The summed E-state index contributed by atoms with van der Waals surface area (Å²) in [5, 5.41) is 74.4. The van der Waals surface area contributed by atoms with Crippen LogP contribution in [-0.4, -0.2) is 262 Å². The molecular formula is C114H218N8O16. The van der Waals surface area contributed by atoms with E-state index < -0.39 is 53.9 Å². The molecule has 0 radical (unpaired) electrons. The van der Waals surface area contributed by atoms with Crippen LogP contribution in [0.3, 0.4) is 0 Å². The van der Waals surface area contributed by atoms with E-state index in [-0.39, 0.29) is 70.0 Å². The number of aliphatic carboxylic acids is 5. The van der Waals surface area contributed by atoms with Gasteiger partial charge in [-0.2, -0.15) is 0 Å². The molecule has 4 saturated carbocycles. The fourth-order valence-corrected chi connectivity index (χ4v) is 18.0. The lowest BCUT2D eigenvalue weighted by Crippen LogP contribution is -2.47. The fraction of sp³-hybridized carbons (Fsp3) is 0.904. The lowest BCUT2D eigenvalue weighted by molar-refractivity contribution is -0.162. The van der Waals surface area contributed by atoms with Crippen molar-refractivity contribution in [1.29, 1.82) is 0 Å². The highest BCUT2D eigenvalue weighted by Gasteiger charge is 2.39. The first-order valence-corrected chi connectivity index (χ1v) is 54.4. The van der Waals surface area contributed by atoms with E-state index in [1.54, 1.807) is 0 Å². The second-order valence-corrected chi connectivity index (χ2v) is 53.8. The summed E-state index contributed by atoms with van der Waals surface area (Å²) in [6, 6.07) is 0.812. The Morgan fingerprint density at radius 1 is 0.341 bits per heavy atom. The van der Waals surface area contributed by atoms with Crippen molar-refractivity contribution >= 4 is 41.8 Å². The number of rotatable bonds is 28. The van der Waals surface area contributed by atoms with Crippen LogP contribution in [0, 0.1) is 90.2 Å². The molecule has 0 aromatic carbocycles. The quantitative estimate of drug-likeness (QED) is 0.0325. The standard InChI is InChI=1S/C16H31NO2.C14H27NO2.C13H25NO2.2C12H23NO3.2C12H23NO2.C12H20.C11H23N/c1-15(2,3)9-12-17-10-7-13(8-11-17)14(18)19-16(4,5)6;1-5-17-13(16)12-6-9-15(10-7-12)11-8-14(2,3)4;1-13(2,3)8-9-14-11-7-5-4-6-10(11)12(15)16;1-12(2,3)5-7-13-6-4-10(14)9(8-13)11(15)16;1-12(2,3)5-7-13-6-4-9(11(15)16)10(14)8-13;1-12(2,3)6-7-13-10-5-4-9(8-10)11(14)15;1-12(2,3)7-8-13-10-6-4-5-9(10)11(14)15;1-10-6-5-7-11(10)8-9-12(2,3)4;1-11(2,3)7-10-12-8-5-4-6-9-12/h13H,7-12H2,1-6H3;12H,5-11H2,1-4H3;10-11,14H,4-9H2,1-3H3,(H,15,16);2*9-10,14H,4-8H2,1-3H3,(H,15,16);2*9-10,13H,4-8H2,1-3H3,(H,14,15);8H,1,5-7,9H2,2-4H3;4-10H2,1-3H3/b;;;;;;;11-8+;/t;;;;;2*9-,10+;;/m.....01../s1. The van der Waals surface area contributed by atoms with Gasteiger partial charge in [0.2, 0.25) is 0 Å². The maximum Gasteiger partial charge on any atom is 0.310 e. The highest BCUT2D eigenvalue weighted by Crippen LogP contribution is 2.35. The van der Waals surface area contributed by atoms with Gasteiger partial charge in [0.05, 0.1) is 60.2 Å². The summed E-state index contributed by atoms with van der Waals surface area (Å²) in [5.74, 6) is -5.06. The van der Waals surface area contributed by atoms with Crippen LogP contribution in [0.4, 0.5) is 0 Å². The number of carbonyl (C=O) groups is 7. The molecule has 9 fully saturated rings. The monoisotopic (exact) mass is 1960 g/mol. The summed E-state index contributed by atoms with van der Waals surface area (Å²) >= 11 is 0. The molecule has 9 rings (SSSR count). The first-order valence-electron chi connectivity index (χ1n) is 54.4. The van der Waals surface area contributed by atoms with Crippen molar-refractivity contribution in [1.82, 2.24) is 40.4 Å². The number of piperidine rings is 5. The van der Waals surface area contributed by atoms with E-state index in [4.69, 9.17) is 35.0 Å². The number of carboxylic acids is 5. The number of esters is 2. The van der Waals surface area contributed by atoms with Gasteiger partial charge < -0.3 is 85.7 Å². The summed E-state index contributed by atoms with van der Waals surface area (Å²) in [5.41, 5.74) is 5.82. The Bertz CT molecular complexity index is 3410. The molecular weight excluding hydrogens is 1740 g/mol. The third-order valence-electron chi connectivity index (χ3n) is 27.7. The summed E-state index contributed by atoms with van der Waals surface area (Å²) in [6.45, 7) is 90.5. The molecule has 810 valence electrons. The molecule has 138 heavy (non-hydrogen) atoms.